The summed E-state index contributed by atoms with van der Waals surface area (Å²) >= 11 is 2.06. The van der Waals surface area contributed by atoms with Gasteiger partial charge < -0.3 is 32.2 Å². The lowest BCUT2D eigenvalue weighted by Gasteiger charge is -2.18. The minimum absolute atomic E-state index is 0.0455. The van der Waals surface area contributed by atoms with Crippen molar-refractivity contribution in [3.05, 3.63) is 41.2 Å². The molecular weight excluding hydrogens is 611 g/mol. The summed E-state index contributed by atoms with van der Waals surface area (Å²) in [5.74, 6) is -2.17. The van der Waals surface area contributed by atoms with Crippen LogP contribution in [0.15, 0.2) is 29.3 Å². The Kier molecular flexibility index (Phi) is 12.4. The maximum Gasteiger partial charge on any atom is 0.317 e. The predicted molar refractivity (Wildman–Crippen MR) is 149 cm³/mol. The molecule has 2 aromatic rings. The number of alkyl halides is 1. The number of carboxylic acid groups (broad SMARTS) is 2. The van der Waals surface area contributed by atoms with Crippen LogP contribution in [0, 0.1) is 0 Å². The van der Waals surface area contributed by atoms with Crippen molar-refractivity contribution in [1.82, 2.24) is 20.2 Å². The van der Waals surface area contributed by atoms with E-state index in [2.05, 4.69) is 42.9 Å². The number of hydrogen-bond acceptors (Lipinski definition) is 10. The van der Waals surface area contributed by atoms with E-state index in [1.807, 2.05) is 12.1 Å². The second kappa shape index (κ2) is 15.5. The van der Waals surface area contributed by atoms with E-state index in [0.29, 0.717) is 22.4 Å². The van der Waals surface area contributed by atoms with Crippen LogP contribution in [0.3, 0.4) is 0 Å². The number of rotatable bonds is 15. The Hall–Kier alpha value is -3.73. The highest BCUT2D eigenvalue weighted by molar-refractivity contribution is 14.1. The lowest BCUT2D eigenvalue weighted by molar-refractivity contribution is -0.141. The Morgan fingerprint density at radius 2 is 1.68 bits per heavy atom. The van der Waals surface area contributed by atoms with Crippen molar-refractivity contribution in [2.75, 3.05) is 44.3 Å². The fraction of sp³-hybridized carbons (Fsp3) is 0.391. The summed E-state index contributed by atoms with van der Waals surface area (Å²) < 4.78 is 6.07. The molecule has 0 bridgehead atoms. The van der Waals surface area contributed by atoms with Crippen LogP contribution in [0.25, 0.3) is 0 Å². The van der Waals surface area contributed by atoms with Crippen LogP contribution < -0.4 is 27.3 Å². The standard InChI is InChI=1S/C23H31IN8O6/c24-11-16-20(25)30-21(26)19(29-16)22(37)31-23(27)28-8-2-1-3-14-4-6-15(7-5-14)38-10-9-32(12-17(33)34)13-18(35)36/h4-7H,1-3,8-13H2,(H,33,34)(H,35,36)(H4,25,26,30)(H3,27,28,31,37). The summed E-state index contributed by atoms with van der Waals surface area (Å²) in [4.78, 5) is 47.6. The van der Waals surface area contributed by atoms with Gasteiger partial charge in [0.05, 0.1) is 18.8 Å². The number of carbonyl (C=O) groups excluding carboxylic acids is 1. The fourth-order valence-corrected chi connectivity index (χ4v) is 3.82. The number of carboxylic acids is 2. The summed E-state index contributed by atoms with van der Waals surface area (Å²) in [6.07, 6.45) is 2.37. The second-order valence-corrected chi connectivity index (χ2v) is 8.85. The normalized spacial score (nSPS) is 11.4. The highest BCUT2D eigenvalue weighted by Gasteiger charge is 2.17. The van der Waals surface area contributed by atoms with Crippen molar-refractivity contribution in [3.8, 4) is 5.75 Å². The molecule has 1 heterocycles. The number of hydrogen-bond donors (Lipinski definition) is 6. The van der Waals surface area contributed by atoms with Crippen molar-refractivity contribution in [3.63, 3.8) is 0 Å². The number of anilines is 2. The van der Waals surface area contributed by atoms with Crippen molar-refractivity contribution >= 4 is 58.0 Å². The molecule has 15 heteroatoms. The molecule has 0 spiro atoms. The van der Waals surface area contributed by atoms with Crippen LogP contribution in [0.2, 0.25) is 0 Å². The molecule has 0 aliphatic rings. The van der Waals surface area contributed by atoms with Gasteiger partial charge in [0.1, 0.15) is 18.2 Å². The molecule has 0 aliphatic heterocycles. The van der Waals surface area contributed by atoms with Crippen LogP contribution in [0.4, 0.5) is 11.6 Å². The highest BCUT2D eigenvalue weighted by Crippen LogP contribution is 2.16. The van der Waals surface area contributed by atoms with Crippen LogP contribution in [-0.2, 0) is 20.4 Å². The number of aliphatic imine (C=N–C) groups is 1. The summed E-state index contributed by atoms with van der Waals surface area (Å²) in [6, 6.07) is 7.44. The lowest BCUT2D eigenvalue weighted by atomic mass is 10.1. The molecule has 0 saturated carbocycles. The van der Waals surface area contributed by atoms with Gasteiger partial charge >= 0.3 is 11.9 Å². The van der Waals surface area contributed by atoms with Gasteiger partial charge in [-0.2, -0.15) is 0 Å². The van der Waals surface area contributed by atoms with Gasteiger partial charge in [-0.3, -0.25) is 29.6 Å². The third-order valence-electron chi connectivity index (χ3n) is 5.08. The predicted octanol–water partition coefficient (Wildman–Crippen LogP) is 0.493. The van der Waals surface area contributed by atoms with Crippen LogP contribution in [0.1, 0.15) is 34.6 Å². The zero-order chi connectivity index (χ0) is 28.1. The third kappa shape index (κ3) is 10.7. The molecule has 0 fully saturated rings. The molecule has 0 unspecified atom stereocenters. The van der Waals surface area contributed by atoms with E-state index in [4.69, 9.17) is 32.2 Å². The molecule has 1 amide bonds. The molecular formula is C23H31IN8O6. The molecule has 9 N–H and O–H groups in total. The monoisotopic (exact) mass is 642 g/mol. The fourth-order valence-electron chi connectivity index (χ4n) is 3.26. The number of unbranched alkanes of at least 4 members (excludes halogenated alkanes) is 1. The average molecular weight is 642 g/mol. The zero-order valence-electron chi connectivity index (χ0n) is 20.6. The molecule has 1 aromatic carbocycles. The first-order valence-corrected chi connectivity index (χ1v) is 13.1. The van der Waals surface area contributed by atoms with E-state index in [1.54, 1.807) is 12.1 Å². The SMILES string of the molecule is NC(=NCCCCc1ccc(OCCN(CC(=O)O)CC(=O)O)cc1)NC(=O)c1nc(CI)c(N)nc1N. The smallest absolute Gasteiger partial charge is 0.317 e. The average Bonchev–Trinajstić information content (AvgIpc) is 2.84. The number of halogens is 1. The number of carbonyl (C=O) groups is 3. The number of benzene rings is 1. The van der Waals surface area contributed by atoms with Gasteiger partial charge in [-0.25, -0.2) is 9.97 Å². The third-order valence-corrected chi connectivity index (χ3v) is 5.80. The maximum atomic E-state index is 12.4. The number of nitrogen functional groups attached to an aromatic ring is 2. The molecule has 2 rings (SSSR count). The first-order valence-electron chi connectivity index (χ1n) is 11.6. The molecule has 0 atom stereocenters. The Bertz CT molecular complexity index is 1130. The quantitative estimate of drug-likeness (QED) is 0.0513. The summed E-state index contributed by atoms with van der Waals surface area (Å²) in [5.41, 5.74) is 18.8. The van der Waals surface area contributed by atoms with Crippen molar-refractivity contribution in [1.29, 1.82) is 0 Å². The van der Waals surface area contributed by atoms with Crippen LogP contribution >= 0.6 is 22.6 Å². The Morgan fingerprint density at radius 3 is 2.29 bits per heavy atom. The topological polar surface area (TPSA) is 232 Å². The van der Waals surface area contributed by atoms with Crippen molar-refractivity contribution in [2.24, 2.45) is 10.7 Å². The minimum Gasteiger partial charge on any atom is -0.492 e. The molecule has 38 heavy (non-hydrogen) atoms. The molecule has 14 nitrogen and oxygen atoms in total. The van der Waals surface area contributed by atoms with Gasteiger partial charge in [0, 0.05) is 17.5 Å². The molecule has 1 aromatic heterocycles. The number of aromatic nitrogens is 2. The van der Waals surface area contributed by atoms with Crippen LogP contribution in [-0.4, -0.2) is 81.7 Å². The zero-order valence-corrected chi connectivity index (χ0v) is 22.8. The Labute approximate surface area is 232 Å². The van der Waals surface area contributed by atoms with E-state index in [1.165, 1.54) is 4.90 Å². The van der Waals surface area contributed by atoms with Gasteiger partial charge in [0.2, 0.25) is 0 Å². The molecule has 0 saturated heterocycles. The molecule has 206 valence electrons. The number of amides is 1. The van der Waals surface area contributed by atoms with Gasteiger partial charge in [0.25, 0.3) is 5.91 Å². The number of aliphatic carboxylic acids is 2. The van der Waals surface area contributed by atoms with Gasteiger partial charge in [-0.05, 0) is 37.0 Å². The van der Waals surface area contributed by atoms with Gasteiger partial charge in [0.15, 0.2) is 17.5 Å². The lowest BCUT2D eigenvalue weighted by Crippen LogP contribution is -2.38. The van der Waals surface area contributed by atoms with Gasteiger partial charge in [-0.1, -0.05) is 34.7 Å². The van der Waals surface area contributed by atoms with E-state index in [9.17, 15) is 14.4 Å². The molecule has 0 aliphatic carbocycles. The first-order chi connectivity index (χ1) is 18.1. The maximum absolute atomic E-state index is 12.4. The van der Waals surface area contributed by atoms with E-state index in [-0.39, 0.29) is 49.5 Å². The largest absolute Gasteiger partial charge is 0.492 e. The number of nitrogens with two attached hydrogens (primary N) is 3. The summed E-state index contributed by atoms with van der Waals surface area (Å²) in [5, 5.41) is 20.2. The number of ether oxygens (including phenoxy) is 1. The number of guanidine groups is 1. The van der Waals surface area contributed by atoms with E-state index in [0.717, 1.165) is 24.8 Å². The van der Waals surface area contributed by atoms with E-state index < -0.39 is 17.8 Å². The molecule has 0 radical (unpaired) electrons. The number of nitrogens with one attached hydrogen (secondary N) is 1. The minimum atomic E-state index is -1.10. The van der Waals surface area contributed by atoms with Gasteiger partial charge in [-0.15, -0.1) is 0 Å². The van der Waals surface area contributed by atoms with E-state index >= 15 is 0 Å². The Balaban J connectivity index is 1.72. The highest BCUT2D eigenvalue weighted by atomic mass is 127. The number of aryl methyl sites for hydroxylation is 1. The second-order valence-electron chi connectivity index (χ2n) is 8.09. The first kappa shape index (κ1) is 30.5. The summed E-state index contributed by atoms with van der Waals surface area (Å²) in [7, 11) is 0. The van der Waals surface area contributed by atoms with Crippen LogP contribution in [0.5, 0.6) is 5.75 Å². The Morgan fingerprint density at radius 1 is 1.03 bits per heavy atom. The van der Waals surface area contributed by atoms with Crippen molar-refractivity contribution in [2.45, 2.75) is 23.7 Å². The summed E-state index contributed by atoms with van der Waals surface area (Å²) in [6.45, 7) is 0.000109. The number of nitrogens with zero attached hydrogens (tertiary/aromatic N) is 4. The van der Waals surface area contributed by atoms with Crippen molar-refractivity contribution < 1.29 is 29.3 Å².